The maximum absolute atomic E-state index is 12.4. The number of nitrogens with one attached hydrogen (secondary N) is 1. The number of rotatable bonds is 8. The van der Waals surface area contributed by atoms with Crippen molar-refractivity contribution in [1.29, 1.82) is 0 Å². The first kappa shape index (κ1) is 25.3. The van der Waals surface area contributed by atoms with Crippen molar-refractivity contribution in [3.05, 3.63) is 21.4 Å². The van der Waals surface area contributed by atoms with Gasteiger partial charge in [-0.2, -0.15) is 17.5 Å². The number of hydrogen-bond acceptors (Lipinski definition) is 8. The van der Waals surface area contributed by atoms with Crippen LogP contribution in [0.1, 0.15) is 53.5 Å². The number of amides is 1. The Hall–Kier alpha value is -1.79. The third kappa shape index (κ3) is 7.61. The Morgan fingerprint density at radius 2 is 1.94 bits per heavy atom. The van der Waals surface area contributed by atoms with E-state index in [4.69, 9.17) is 4.74 Å². The minimum absolute atomic E-state index is 0.0252. The molecular formula is C22H30F3N5O2S2. The molecule has 0 bridgehead atoms. The van der Waals surface area contributed by atoms with Gasteiger partial charge in [0.25, 0.3) is 5.19 Å². The average Bonchev–Trinajstić information content (AvgIpc) is 3.32. The van der Waals surface area contributed by atoms with Gasteiger partial charge in [-0.1, -0.05) is 11.3 Å². The zero-order chi connectivity index (χ0) is 24.1. The van der Waals surface area contributed by atoms with Crippen molar-refractivity contribution in [3.63, 3.8) is 0 Å². The predicted molar refractivity (Wildman–Crippen MR) is 124 cm³/mol. The molecule has 0 radical (unpaired) electrons. The number of carbonyl (C=O) groups excluding carboxylic acids is 1. The second-order valence-electron chi connectivity index (χ2n) is 9.08. The lowest BCUT2D eigenvalue weighted by Gasteiger charge is -2.30. The fourth-order valence-electron chi connectivity index (χ4n) is 4.60. The molecule has 3 heterocycles. The maximum Gasteiger partial charge on any atom is 0.422 e. The minimum Gasteiger partial charge on any atom is -0.460 e. The molecule has 1 fully saturated rings. The summed E-state index contributed by atoms with van der Waals surface area (Å²) in [6, 6.07) is 0.242. The average molecular weight is 518 g/mol. The molecule has 0 unspecified atom stereocenters. The zero-order valence-electron chi connectivity index (χ0n) is 19.2. The van der Waals surface area contributed by atoms with Crippen LogP contribution in [0.25, 0.3) is 0 Å². The monoisotopic (exact) mass is 517 g/mol. The van der Waals surface area contributed by atoms with Crippen molar-refractivity contribution in [3.8, 4) is 5.19 Å². The Morgan fingerprint density at radius 1 is 1.18 bits per heavy atom. The normalized spacial score (nSPS) is 21.6. The highest BCUT2D eigenvalue weighted by Gasteiger charge is 2.30. The van der Waals surface area contributed by atoms with E-state index in [1.165, 1.54) is 22.9 Å². The van der Waals surface area contributed by atoms with E-state index in [-0.39, 0.29) is 17.1 Å². The number of aromatic nitrogens is 3. The van der Waals surface area contributed by atoms with E-state index in [1.54, 1.807) is 0 Å². The van der Waals surface area contributed by atoms with Crippen molar-refractivity contribution in [2.45, 2.75) is 70.5 Å². The topological polar surface area (TPSA) is 80.2 Å². The highest BCUT2D eigenvalue weighted by molar-refractivity contribution is 7.13. The van der Waals surface area contributed by atoms with Crippen LogP contribution in [0.2, 0.25) is 0 Å². The number of ether oxygens (including phenoxy) is 1. The van der Waals surface area contributed by atoms with E-state index in [1.807, 2.05) is 6.92 Å². The van der Waals surface area contributed by atoms with Gasteiger partial charge in [-0.3, -0.25) is 4.79 Å². The summed E-state index contributed by atoms with van der Waals surface area (Å²) in [6.45, 7) is 3.32. The van der Waals surface area contributed by atoms with Gasteiger partial charge < -0.3 is 15.0 Å². The third-order valence-electron chi connectivity index (χ3n) is 6.38. The first-order valence-electron chi connectivity index (χ1n) is 11.7. The van der Waals surface area contributed by atoms with Gasteiger partial charge >= 0.3 is 6.18 Å². The Balaban J connectivity index is 1.13. The zero-order valence-corrected chi connectivity index (χ0v) is 20.8. The van der Waals surface area contributed by atoms with Gasteiger partial charge in [0.05, 0.1) is 12.1 Å². The summed E-state index contributed by atoms with van der Waals surface area (Å²) in [4.78, 5) is 24.3. The van der Waals surface area contributed by atoms with Crippen LogP contribution in [-0.2, 0) is 24.1 Å². The second-order valence-corrected chi connectivity index (χ2v) is 11.0. The molecule has 0 spiro atoms. The highest BCUT2D eigenvalue weighted by Crippen LogP contribution is 2.31. The second kappa shape index (κ2) is 11.3. The van der Waals surface area contributed by atoms with Crippen LogP contribution in [0.5, 0.6) is 5.19 Å². The Bertz CT molecular complexity index is 931. The van der Waals surface area contributed by atoms with E-state index >= 15 is 0 Å². The Morgan fingerprint density at radius 3 is 2.65 bits per heavy atom. The first-order chi connectivity index (χ1) is 16.2. The molecule has 1 aliphatic carbocycles. The lowest BCUT2D eigenvalue weighted by Crippen LogP contribution is -2.39. The molecule has 34 heavy (non-hydrogen) atoms. The van der Waals surface area contributed by atoms with Crippen LogP contribution in [0, 0.1) is 12.8 Å². The number of alkyl halides is 3. The molecule has 1 aliphatic heterocycles. The Kier molecular flexibility index (Phi) is 8.41. The van der Waals surface area contributed by atoms with Crippen LogP contribution in [0.15, 0.2) is 0 Å². The van der Waals surface area contributed by atoms with Crippen molar-refractivity contribution in [1.82, 2.24) is 24.6 Å². The summed E-state index contributed by atoms with van der Waals surface area (Å²) in [5.41, 5.74) is 0.879. The maximum atomic E-state index is 12.4. The highest BCUT2D eigenvalue weighted by atomic mass is 32.1. The molecule has 1 saturated carbocycles. The summed E-state index contributed by atoms with van der Waals surface area (Å²) >= 11 is 2.53. The molecule has 2 aromatic rings. The molecule has 188 valence electrons. The van der Waals surface area contributed by atoms with Gasteiger partial charge in [0, 0.05) is 30.4 Å². The summed E-state index contributed by atoms with van der Waals surface area (Å²) in [5.74, 6) is 1.40. The summed E-state index contributed by atoms with van der Waals surface area (Å²) in [5, 5.41) is 4.03. The van der Waals surface area contributed by atoms with Gasteiger partial charge in [0.1, 0.15) is 10.8 Å². The fraction of sp³-hybridized carbons (Fsp3) is 0.727. The molecular weight excluding hydrogens is 487 g/mol. The lowest BCUT2D eigenvalue weighted by atomic mass is 9.84. The van der Waals surface area contributed by atoms with Gasteiger partial charge in [-0.05, 0) is 69.4 Å². The van der Waals surface area contributed by atoms with Gasteiger partial charge in [0.15, 0.2) is 6.61 Å². The van der Waals surface area contributed by atoms with Crippen LogP contribution in [0.3, 0.4) is 0 Å². The summed E-state index contributed by atoms with van der Waals surface area (Å²) in [7, 11) is 0. The molecule has 4 rings (SSSR count). The predicted octanol–water partition coefficient (Wildman–Crippen LogP) is 3.95. The van der Waals surface area contributed by atoms with E-state index in [0.29, 0.717) is 18.2 Å². The van der Waals surface area contributed by atoms with E-state index in [2.05, 4.69) is 24.6 Å². The Labute approximate surface area is 205 Å². The van der Waals surface area contributed by atoms with Crippen LogP contribution < -0.4 is 10.1 Å². The molecule has 1 amide bonds. The number of aryl methyl sites for hydroxylation is 1. The molecule has 0 atom stereocenters. The van der Waals surface area contributed by atoms with Crippen molar-refractivity contribution < 1.29 is 22.7 Å². The third-order valence-corrected chi connectivity index (χ3v) is 8.26. The van der Waals surface area contributed by atoms with Gasteiger partial charge in [0.2, 0.25) is 5.91 Å². The van der Waals surface area contributed by atoms with Crippen LogP contribution in [-0.4, -0.2) is 63.6 Å². The minimum atomic E-state index is -4.34. The van der Waals surface area contributed by atoms with E-state index in [9.17, 15) is 18.0 Å². The number of halogens is 3. The molecule has 1 N–H and O–H groups in total. The van der Waals surface area contributed by atoms with E-state index < -0.39 is 12.8 Å². The van der Waals surface area contributed by atoms with Crippen molar-refractivity contribution >= 4 is 28.8 Å². The number of carbonyl (C=O) groups is 1. The van der Waals surface area contributed by atoms with Gasteiger partial charge in [-0.25, -0.2) is 9.97 Å². The lowest BCUT2D eigenvalue weighted by molar-refractivity contribution is -0.153. The molecule has 7 nitrogen and oxygen atoms in total. The molecule has 12 heteroatoms. The number of nitrogens with zero attached hydrogens (tertiary/aromatic N) is 4. The number of thiazole rings is 1. The van der Waals surface area contributed by atoms with Crippen LogP contribution in [0.4, 0.5) is 13.2 Å². The molecule has 2 aliphatic rings. The summed E-state index contributed by atoms with van der Waals surface area (Å²) < 4.78 is 46.0. The van der Waals surface area contributed by atoms with Crippen LogP contribution >= 0.6 is 22.9 Å². The molecule has 2 aromatic heterocycles. The quantitative estimate of drug-likeness (QED) is 0.571. The SMILES string of the molecule is Cc1nsc(CC(=O)NC2CCC(CCN3CCc4nc(OCC(F)(F)F)sc4CC3)CC2)n1. The standard InChI is InChI=1S/C22H30F3N5O2S2/c1-14-26-20(34-29-14)12-19(31)27-16-4-2-15(3-5-16)6-9-30-10-7-17-18(8-11-30)33-21(28-17)32-13-22(23,24)25/h15-16H,2-13H2,1H3,(H,27,31). The van der Waals surface area contributed by atoms with Gasteiger partial charge in [-0.15, -0.1) is 0 Å². The number of hydrogen-bond donors (Lipinski definition) is 1. The van der Waals surface area contributed by atoms with Crippen molar-refractivity contribution in [2.75, 3.05) is 26.2 Å². The summed E-state index contributed by atoms with van der Waals surface area (Å²) in [6.07, 6.45) is 2.88. The first-order valence-corrected chi connectivity index (χ1v) is 13.3. The smallest absolute Gasteiger partial charge is 0.422 e. The van der Waals surface area contributed by atoms with Crippen molar-refractivity contribution in [2.24, 2.45) is 5.92 Å². The number of fused-ring (bicyclic) bond motifs is 1. The fourth-order valence-corrected chi connectivity index (χ4v) is 6.19. The largest absolute Gasteiger partial charge is 0.460 e. The van der Waals surface area contributed by atoms with E-state index in [0.717, 1.165) is 80.2 Å². The molecule has 0 saturated heterocycles. The molecule has 0 aromatic carbocycles.